The molecule has 0 spiro atoms. The van der Waals surface area contributed by atoms with Crippen molar-refractivity contribution in [3.63, 3.8) is 0 Å². The average molecular weight is 169 g/mol. The molecule has 1 aliphatic rings. The van der Waals surface area contributed by atoms with E-state index in [1.54, 1.807) is 0 Å². The van der Waals surface area contributed by atoms with Crippen LogP contribution >= 0.6 is 0 Å². The van der Waals surface area contributed by atoms with E-state index in [0.717, 1.165) is 12.8 Å². The van der Waals surface area contributed by atoms with E-state index in [1.807, 2.05) is 13.8 Å². The summed E-state index contributed by atoms with van der Waals surface area (Å²) in [5.41, 5.74) is 1.39. The largest absolute Gasteiger partial charge is 0.352 e. The van der Waals surface area contributed by atoms with Gasteiger partial charge in [0.1, 0.15) is 0 Å². The lowest BCUT2D eigenvalue weighted by atomic mass is 9.97. The second-order valence-corrected chi connectivity index (χ2v) is 2.80. The molecule has 1 aliphatic carbocycles. The van der Waals surface area contributed by atoms with Crippen LogP contribution in [0.3, 0.4) is 0 Å². The van der Waals surface area contributed by atoms with Crippen molar-refractivity contribution in [3.05, 3.63) is 11.6 Å². The maximum Gasteiger partial charge on any atom is 0.207 e. The molecule has 0 aliphatic heterocycles. The highest BCUT2D eigenvalue weighted by molar-refractivity contribution is 5.47. The van der Waals surface area contributed by atoms with Crippen molar-refractivity contribution < 1.29 is 4.79 Å². The molecule has 1 atom stereocenters. The quantitative estimate of drug-likeness (QED) is 0.498. The first-order valence-electron chi connectivity index (χ1n) is 4.70. The third kappa shape index (κ3) is 4.16. The van der Waals surface area contributed by atoms with Gasteiger partial charge in [-0.25, -0.2) is 0 Å². The highest BCUT2D eigenvalue weighted by Gasteiger charge is 2.08. The van der Waals surface area contributed by atoms with E-state index in [1.165, 1.54) is 18.4 Å². The van der Waals surface area contributed by atoms with Crippen LogP contribution in [0.2, 0.25) is 0 Å². The van der Waals surface area contributed by atoms with Gasteiger partial charge >= 0.3 is 0 Å². The van der Waals surface area contributed by atoms with Gasteiger partial charge in [0.15, 0.2) is 0 Å². The number of nitrogens with one attached hydrogen (secondary N) is 1. The zero-order valence-corrected chi connectivity index (χ0v) is 8.26. The molecule has 0 saturated carbocycles. The lowest BCUT2D eigenvalue weighted by molar-refractivity contribution is -0.109. The van der Waals surface area contributed by atoms with Gasteiger partial charge in [0.25, 0.3) is 0 Å². The van der Waals surface area contributed by atoms with Crippen molar-refractivity contribution in [2.45, 2.75) is 46.1 Å². The van der Waals surface area contributed by atoms with Crippen LogP contribution in [0.1, 0.15) is 40.0 Å². The molecule has 0 heterocycles. The Hall–Kier alpha value is -0.790. The van der Waals surface area contributed by atoms with Gasteiger partial charge in [-0.3, -0.25) is 4.79 Å². The molecule has 1 amide bonds. The van der Waals surface area contributed by atoms with Gasteiger partial charge in [-0.05, 0) is 26.2 Å². The second kappa shape index (κ2) is 6.89. The number of hydrogen-bond donors (Lipinski definition) is 1. The molecule has 0 aromatic carbocycles. The maximum atomic E-state index is 10.0. The molecule has 1 rings (SSSR count). The molecule has 2 heteroatoms. The van der Waals surface area contributed by atoms with E-state index < -0.39 is 0 Å². The summed E-state index contributed by atoms with van der Waals surface area (Å²) in [5, 5.41) is 2.76. The SMILES string of the molecule is CC.CC1=CC(NC=O)CCC1. The first kappa shape index (κ1) is 11.2. The normalized spacial score (nSPS) is 21.6. The van der Waals surface area contributed by atoms with Crippen LogP contribution in [0.4, 0.5) is 0 Å². The Morgan fingerprint density at radius 3 is 2.75 bits per heavy atom. The van der Waals surface area contributed by atoms with Crippen molar-refractivity contribution in [1.29, 1.82) is 0 Å². The van der Waals surface area contributed by atoms with Gasteiger partial charge in [-0.15, -0.1) is 0 Å². The first-order chi connectivity index (χ1) is 5.83. The smallest absolute Gasteiger partial charge is 0.207 e. The molecular weight excluding hydrogens is 150 g/mol. The number of allylic oxidation sites excluding steroid dienone is 1. The number of carbonyl (C=O) groups excluding carboxylic acids is 1. The van der Waals surface area contributed by atoms with Crippen molar-refractivity contribution >= 4 is 6.41 Å². The molecule has 12 heavy (non-hydrogen) atoms. The lowest BCUT2D eigenvalue weighted by Crippen LogP contribution is -2.27. The number of rotatable bonds is 2. The van der Waals surface area contributed by atoms with Gasteiger partial charge in [0.05, 0.1) is 0 Å². The molecule has 0 aromatic heterocycles. The monoisotopic (exact) mass is 169 g/mol. The summed E-state index contributed by atoms with van der Waals surface area (Å²) in [5.74, 6) is 0. The Bertz CT molecular complexity index is 152. The van der Waals surface area contributed by atoms with E-state index in [4.69, 9.17) is 0 Å². The van der Waals surface area contributed by atoms with Gasteiger partial charge in [0, 0.05) is 6.04 Å². The van der Waals surface area contributed by atoms with E-state index in [0.29, 0.717) is 6.04 Å². The summed E-state index contributed by atoms with van der Waals surface area (Å²) < 4.78 is 0. The Labute approximate surface area is 75.0 Å². The minimum absolute atomic E-state index is 0.297. The molecule has 0 fully saturated rings. The van der Waals surface area contributed by atoms with E-state index in [-0.39, 0.29) is 0 Å². The number of amides is 1. The Balaban J connectivity index is 0.000000561. The van der Waals surface area contributed by atoms with Crippen LogP contribution in [0.5, 0.6) is 0 Å². The van der Waals surface area contributed by atoms with Crippen LogP contribution in [-0.4, -0.2) is 12.5 Å². The molecule has 0 saturated heterocycles. The fraction of sp³-hybridized carbons (Fsp3) is 0.700. The zero-order valence-electron chi connectivity index (χ0n) is 8.26. The molecule has 1 unspecified atom stereocenters. The van der Waals surface area contributed by atoms with Crippen LogP contribution in [0.15, 0.2) is 11.6 Å². The Morgan fingerprint density at radius 1 is 1.58 bits per heavy atom. The van der Waals surface area contributed by atoms with Gasteiger partial charge in [-0.1, -0.05) is 25.5 Å². The van der Waals surface area contributed by atoms with E-state index in [2.05, 4.69) is 18.3 Å². The molecule has 0 bridgehead atoms. The fourth-order valence-electron chi connectivity index (χ4n) is 1.33. The van der Waals surface area contributed by atoms with Crippen molar-refractivity contribution in [3.8, 4) is 0 Å². The minimum Gasteiger partial charge on any atom is -0.352 e. The van der Waals surface area contributed by atoms with E-state index in [9.17, 15) is 4.79 Å². The summed E-state index contributed by atoms with van der Waals surface area (Å²) >= 11 is 0. The van der Waals surface area contributed by atoms with Crippen LogP contribution in [-0.2, 0) is 4.79 Å². The average Bonchev–Trinajstić information content (AvgIpc) is 2.09. The van der Waals surface area contributed by atoms with Crippen LogP contribution in [0, 0.1) is 0 Å². The molecular formula is C10H19NO. The summed E-state index contributed by atoms with van der Waals surface area (Å²) in [4.78, 5) is 10.0. The first-order valence-corrected chi connectivity index (χ1v) is 4.70. The van der Waals surface area contributed by atoms with Gasteiger partial charge in [0.2, 0.25) is 6.41 Å². The van der Waals surface area contributed by atoms with Crippen LogP contribution in [0.25, 0.3) is 0 Å². The van der Waals surface area contributed by atoms with Crippen molar-refractivity contribution in [2.75, 3.05) is 0 Å². The number of hydrogen-bond acceptors (Lipinski definition) is 1. The molecule has 2 nitrogen and oxygen atoms in total. The van der Waals surface area contributed by atoms with E-state index >= 15 is 0 Å². The third-order valence-electron chi connectivity index (χ3n) is 1.85. The fourth-order valence-corrected chi connectivity index (χ4v) is 1.33. The topological polar surface area (TPSA) is 29.1 Å². The zero-order chi connectivity index (χ0) is 9.40. The summed E-state index contributed by atoms with van der Waals surface area (Å²) in [6, 6.07) is 0.297. The summed E-state index contributed by atoms with van der Waals surface area (Å²) in [6.07, 6.45) is 6.40. The number of carbonyl (C=O) groups is 1. The maximum absolute atomic E-state index is 10.0. The summed E-state index contributed by atoms with van der Waals surface area (Å²) in [6.45, 7) is 6.11. The molecule has 0 aromatic rings. The highest BCUT2D eigenvalue weighted by Crippen LogP contribution is 2.16. The molecule has 0 radical (unpaired) electrons. The second-order valence-electron chi connectivity index (χ2n) is 2.80. The third-order valence-corrected chi connectivity index (χ3v) is 1.85. The van der Waals surface area contributed by atoms with Crippen molar-refractivity contribution in [1.82, 2.24) is 5.32 Å². The minimum atomic E-state index is 0.297. The van der Waals surface area contributed by atoms with Crippen LogP contribution < -0.4 is 5.32 Å². The lowest BCUT2D eigenvalue weighted by Gasteiger charge is -2.17. The standard InChI is InChI=1S/C8H13NO.C2H6/c1-7-3-2-4-8(5-7)9-6-10;1-2/h5-6,8H,2-4H2,1H3,(H,9,10);1-2H3. The Kier molecular flexibility index (Phi) is 6.44. The van der Waals surface area contributed by atoms with Gasteiger partial charge in [-0.2, -0.15) is 0 Å². The molecule has 1 N–H and O–H groups in total. The highest BCUT2D eigenvalue weighted by atomic mass is 16.1. The molecule has 70 valence electrons. The predicted octanol–water partition coefficient (Wildman–Crippen LogP) is 2.26. The Morgan fingerprint density at radius 2 is 2.25 bits per heavy atom. The predicted molar refractivity (Wildman–Crippen MR) is 51.9 cm³/mol. The summed E-state index contributed by atoms with van der Waals surface area (Å²) in [7, 11) is 0. The van der Waals surface area contributed by atoms with Crippen molar-refractivity contribution in [2.24, 2.45) is 0 Å². The van der Waals surface area contributed by atoms with Gasteiger partial charge < -0.3 is 5.32 Å².